The minimum Gasteiger partial charge on any atom is -0.480 e. The number of ketones is 2. The predicted octanol–water partition coefficient (Wildman–Crippen LogP) is -5.81. The van der Waals surface area contributed by atoms with Gasteiger partial charge in [-0.15, -0.1) is 0 Å². The molecule has 34 nitrogen and oxygen atoms in total. The van der Waals surface area contributed by atoms with E-state index < -0.39 is 202 Å². The molecular formula is C58H86N16O18. The lowest BCUT2D eigenvalue weighted by atomic mass is 9.97. The highest BCUT2D eigenvalue weighted by Gasteiger charge is 2.37. The van der Waals surface area contributed by atoms with Crippen molar-refractivity contribution in [3.63, 3.8) is 0 Å². The summed E-state index contributed by atoms with van der Waals surface area (Å²) in [6.07, 6.45) is -0.185. The van der Waals surface area contributed by atoms with E-state index in [1.807, 2.05) is 0 Å². The molecule has 506 valence electrons. The van der Waals surface area contributed by atoms with Crippen molar-refractivity contribution < 1.29 is 86.6 Å². The van der Waals surface area contributed by atoms with Crippen molar-refractivity contribution in [1.29, 1.82) is 0 Å². The maximum Gasteiger partial charge on any atom is 0.326 e. The minimum absolute atomic E-state index is 0.0464. The number of carbonyl (C=O) groups excluding carboxylic acids is 16. The van der Waals surface area contributed by atoms with Crippen molar-refractivity contribution >= 4 is 111 Å². The fraction of sp³-hybridized carbons (Fsp3) is 0.569. The van der Waals surface area contributed by atoms with Crippen molar-refractivity contribution in [3.8, 4) is 0 Å². The summed E-state index contributed by atoms with van der Waals surface area (Å²) in [5, 5.41) is 36.5. The van der Waals surface area contributed by atoms with Crippen LogP contribution in [0.2, 0.25) is 0 Å². The molecule has 0 spiro atoms. The number of hydrogen-bond acceptors (Lipinski definition) is 18. The van der Waals surface area contributed by atoms with E-state index in [0.717, 1.165) is 0 Å². The molecule has 1 saturated heterocycles. The monoisotopic (exact) mass is 1290 g/mol. The highest BCUT2D eigenvalue weighted by Crippen LogP contribution is 2.21. The molecule has 7 atom stereocenters. The van der Waals surface area contributed by atoms with E-state index in [-0.39, 0.29) is 69.7 Å². The molecule has 7 unspecified atom stereocenters. The van der Waals surface area contributed by atoms with E-state index in [2.05, 4.69) is 63.5 Å². The van der Waals surface area contributed by atoms with Gasteiger partial charge in [0.2, 0.25) is 82.7 Å². The number of fused-ring (bicyclic) bond motifs is 1. The summed E-state index contributed by atoms with van der Waals surface area (Å²) in [4.78, 5) is 221. The second-order valence-electron chi connectivity index (χ2n) is 22.3. The standard InChI is InChI=1S/C58H86N16O18/c1-5-32(4)52(73-50(84)29-67-54(87)39(15-17-44(61)78)71-56(89)42-11-8-20-74(42)51(85)30-65-47(81)26-63-45(79)18-12-34(75)23-59)57(90)72-40(22-33-24-62-37-10-7-6-9-36(33)37)55(88)68-28-49(83)69-38(14-16-43(60)77)53(86)66-25-35(76)13-19-46(80)64-27-48(82)70-41(58(91)92)21-31(2)3/h6-7,9-10,24,31-32,38-42,52,62H,5,8,11-23,25-30,59H2,1-4H3,(H2,60,77)(H2,61,78)(H,63,79)(H,64,80)(H,65,81)(H,66,86)(H,67,87)(H,68,88)(H,69,83)(H,70,82)(H,71,89)(H,72,90)(H,73,84)(H,91,92). The summed E-state index contributed by atoms with van der Waals surface area (Å²) in [6.45, 7) is 2.93. The number of H-pyrrole nitrogens is 1. The van der Waals surface area contributed by atoms with Gasteiger partial charge in [-0.1, -0.05) is 52.3 Å². The number of likely N-dealkylation sites (tertiary alicyclic amines) is 1. The molecule has 1 aliphatic heterocycles. The first kappa shape index (κ1) is 76.4. The molecule has 92 heavy (non-hydrogen) atoms. The Kier molecular flexibility index (Phi) is 32.6. The fourth-order valence-electron chi connectivity index (χ4n) is 9.28. The molecule has 0 saturated carbocycles. The lowest BCUT2D eigenvalue weighted by Crippen LogP contribution is -2.58. The number of carboxylic acids is 1. The molecule has 0 bridgehead atoms. The van der Waals surface area contributed by atoms with Crippen LogP contribution >= 0.6 is 0 Å². The molecule has 0 radical (unpaired) electrons. The highest BCUT2D eigenvalue weighted by atomic mass is 16.4. The quantitative estimate of drug-likeness (QED) is 0.0294. The third-order valence-corrected chi connectivity index (χ3v) is 14.5. The number of para-hydroxylation sites is 1. The number of carboxylic acid groups (broad SMARTS) is 1. The lowest BCUT2D eigenvalue weighted by Gasteiger charge is -2.27. The number of hydrogen-bond donors (Lipinski definition) is 16. The van der Waals surface area contributed by atoms with E-state index in [1.165, 1.54) is 4.90 Å². The Balaban J connectivity index is 1.66. The molecular weight excluding hydrogens is 1210 g/mol. The van der Waals surface area contributed by atoms with Gasteiger partial charge in [-0.2, -0.15) is 0 Å². The second kappa shape index (κ2) is 39.3. The second-order valence-corrected chi connectivity index (χ2v) is 22.3. The van der Waals surface area contributed by atoms with E-state index in [4.69, 9.17) is 17.2 Å². The summed E-state index contributed by atoms with van der Waals surface area (Å²) in [6, 6.07) is -0.999. The van der Waals surface area contributed by atoms with Crippen molar-refractivity contribution in [2.75, 3.05) is 52.4 Å². The first-order valence-corrected chi connectivity index (χ1v) is 30.0. The summed E-state index contributed by atoms with van der Waals surface area (Å²) < 4.78 is 0. The first-order chi connectivity index (χ1) is 43.5. The van der Waals surface area contributed by atoms with Crippen molar-refractivity contribution in [2.24, 2.45) is 29.0 Å². The van der Waals surface area contributed by atoms with Crippen LogP contribution in [0.15, 0.2) is 30.5 Å². The van der Waals surface area contributed by atoms with Gasteiger partial charge in [0, 0.05) is 68.6 Å². The average molecular weight is 1300 g/mol. The van der Waals surface area contributed by atoms with Gasteiger partial charge < -0.3 is 90.7 Å². The van der Waals surface area contributed by atoms with Gasteiger partial charge in [-0.25, -0.2) is 4.79 Å². The normalized spacial score (nSPS) is 14.5. The Labute approximate surface area is 529 Å². The van der Waals surface area contributed by atoms with Crippen LogP contribution in [-0.4, -0.2) is 204 Å². The van der Waals surface area contributed by atoms with Crippen LogP contribution in [0.25, 0.3) is 10.9 Å². The number of amides is 14. The van der Waals surface area contributed by atoms with Crippen LogP contribution in [-0.2, 0) is 87.9 Å². The zero-order chi connectivity index (χ0) is 68.6. The molecule has 34 heteroatoms. The summed E-state index contributed by atoms with van der Waals surface area (Å²) in [5.41, 5.74) is 17.1. The molecule has 14 amide bonds. The molecule has 1 aliphatic rings. The van der Waals surface area contributed by atoms with E-state index in [1.54, 1.807) is 58.2 Å². The number of rotatable bonds is 42. The molecule has 2 heterocycles. The predicted molar refractivity (Wildman–Crippen MR) is 325 cm³/mol. The number of aliphatic carboxylic acids is 1. The first-order valence-electron chi connectivity index (χ1n) is 30.0. The smallest absolute Gasteiger partial charge is 0.326 e. The summed E-state index contributed by atoms with van der Waals surface area (Å²) in [5.74, 6) is -14.3. The van der Waals surface area contributed by atoms with E-state index in [9.17, 15) is 86.6 Å². The zero-order valence-corrected chi connectivity index (χ0v) is 51.9. The number of carbonyl (C=O) groups is 17. The fourth-order valence-corrected chi connectivity index (χ4v) is 9.28. The van der Waals surface area contributed by atoms with Gasteiger partial charge in [0.15, 0.2) is 5.78 Å². The average Bonchev–Trinajstić information content (AvgIpc) is 1.70. The number of nitrogens with zero attached hydrogens (tertiary/aromatic N) is 1. The number of primary amides is 2. The van der Waals surface area contributed by atoms with Crippen LogP contribution in [0.5, 0.6) is 0 Å². The van der Waals surface area contributed by atoms with Crippen LogP contribution < -0.4 is 75.7 Å². The number of Topliss-reactive ketones (excluding diaryl/α,β-unsaturated/α-hetero) is 2. The zero-order valence-electron chi connectivity index (χ0n) is 51.9. The lowest BCUT2D eigenvalue weighted by molar-refractivity contribution is -0.142. The maximum absolute atomic E-state index is 14.3. The van der Waals surface area contributed by atoms with Crippen LogP contribution in [0.1, 0.15) is 110 Å². The SMILES string of the molecule is CCC(C)C(NC(=O)CNC(=O)C(CCC(N)=O)NC(=O)C1CCCN1C(=O)CNC(=O)CNC(=O)CCC(=O)CN)C(=O)NC(Cc1c[nH]c2ccccc12)C(=O)NCC(=O)NC(CCC(N)=O)C(=O)NCC(=O)CCC(=O)NCC(=O)NC(CC(C)C)C(=O)O. The molecule has 1 aromatic heterocycles. The number of benzene rings is 1. The van der Waals surface area contributed by atoms with Crippen LogP contribution in [0, 0.1) is 11.8 Å². The Bertz CT molecular complexity index is 3020. The van der Waals surface area contributed by atoms with Gasteiger partial charge in [0.1, 0.15) is 42.0 Å². The van der Waals surface area contributed by atoms with Gasteiger partial charge >= 0.3 is 5.97 Å². The maximum atomic E-state index is 14.3. The largest absolute Gasteiger partial charge is 0.480 e. The Morgan fingerprint density at radius 2 is 1.08 bits per heavy atom. The van der Waals surface area contributed by atoms with Crippen LogP contribution in [0.4, 0.5) is 0 Å². The molecule has 3 rings (SSSR count). The van der Waals surface area contributed by atoms with Crippen molar-refractivity contribution in [3.05, 3.63) is 36.0 Å². The molecule has 1 fully saturated rings. The molecule has 1 aromatic carbocycles. The third-order valence-electron chi connectivity index (χ3n) is 14.5. The third kappa shape index (κ3) is 27.9. The summed E-state index contributed by atoms with van der Waals surface area (Å²) >= 11 is 0. The molecule has 2 aromatic rings. The Morgan fingerprint density at radius 3 is 1.64 bits per heavy atom. The highest BCUT2D eigenvalue weighted by molar-refractivity contribution is 5.99. The minimum atomic E-state index is -1.48. The Hall–Kier alpha value is -9.89. The molecule has 0 aliphatic carbocycles. The van der Waals surface area contributed by atoms with E-state index >= 15 is 0 Å². The van der Waals surface area contributed by atoms with Crippen molar-refractivity contribution in [2.45, 2.75) is 147 Å². The number of aromatic amines is 1. The number of nitrogens with one attached hydrogen (secondary N) is 12. The number of aromatic nitrogens is 1. The summed E-state index contributed by atoms with van der Waals surface area (Å²) in [7, 11) is 0. The van der Waals surface area contributed by atoms with Gasteiger partial charge in [-0.3, -0.25) is 76.7 Å². The van der Waals surface area contributed by atoms with Crippen LogP contribution in [0.3, 0.4) is 0 Å². The number of nitrogens with two attached hydrogens (primary N) is 3. The van der Waals surface area contributed by atoms with Gasteiger partial charge in [-0.05, 0) is 55.6 Å². The topological polar surface area (TPSA) is 540 Å². The van der Waals surface area contributed by atoms with E-state index in [0.29, 0.717) is 29.3 Å². The van der Waals surface area contributed by atoms with Gasteiger partial charge in [0.25, 0.3) is 0 Å². The Morgan fingerprint density at radius 1 is 0.565 bits per heavy atom. The van der Waals surface area contributed by atoms with Crippen molar-refractivity contribution in [1.82, 2.24) is 68.4 Å². The molecule has 19 N–H and O–H groups in total. The van der Waals surface area contributed by atoms with Gasteiger partial charge in [0.05, 0.1) is 45.8 Å².